The summed E-state index contributed by atoms with van der Waals surface area (Å²) in [4.78, 5) is 6.87. The molecule has 1 aliphatic heterocycles. The molecular weight excluding hydrogens is 248 g/mol. The van der Waals surface area contributed by atoms with E-state index in [2.05, 4.69) is 41.3 Å². The van der Waals surface area contributed by atoms with Gasteiger partial charge in [0.15, 0.2) is 5.96 Å². The van der Waals surface area contributed by atoms with Gasteiger partial charge in [0.25, 0.3) is 0 Å². The van der Waals surface area contributed by atoms with Crippen LogP contribution in [-0.4, -0.2) is 50.1 Å². The summed E-state index contributed by atoms with van der Waals surface area (Å²) in [6, 6.07) is 0.483. The minimum Gasteiger partial charge on any atom is -0.356 e. The van der Waals surface area contributed by atoms with Crippen molar-refractivity contribution in [3.8, 4) is 0 Å². The first-order valence-corrected chi connectivity index (χ1v) is 8.35. The highest BCUT2D eigenvalue weighted by molar-refractivity contribution is 5.79. The first-order chi connectivity index (χ1) is 9.65. The Kier molecular flexibility index (Phi) is 8.67. The fourth-order valence-corrected chi connectivity index (χ4v) is 2.48. The van der Waals surface area contributed by atoms with Crippen LogP contribution < -0.4 is 10.6 Å². The van der Waals surface area contributed by atoms with Crippen molar-refractivity contribution in [2.75, 3.05) is 33.2 Å². The van der Waals surface area contributed by atoms with Crippen LogP contribution in [0.4, 0.5) is 0 Å². The van der Waals surface area contributed by atoms with E-state index in [4.69, 9.17) is 0 Å². The van der Waals surface area contributed by atoms with E-state index < -0.39 is 0 Å². The minimum absolute atomic E-state index is 0.483. The van der Waals surface area contributed by atoms with Gasteiger partial charge in [0.1, 0.15) is 0 Å². The van der Waals surface area contributed by atoms with E-state index in [1.54, 1.807) is 0 Å². The van der Waals surface area contributed by atoms with Crippen LogP contribution in [0.25, 0.3) is 0 Å². The molecule has 20 heavy (non-hydrogen) atoms. The number of rotatable bonds is 7. The highest BCUT2D eigenvalue weighted by Crippen LogP contribution is 2.15. The molecule has 1 rings (SSSR count). The van der Waals surface area contributed by atoms with E-state index in [1.165, 1.54) is 45.3 Å². The highest BCUT2D eigenvalue weighted by Gasteiger charge is 2.14. The van der Waals surface area contributed by atoms with E-state index in [0.29, 0.717) is 6.04 Å². The number of aliphatic imine (C=N–C) groups is 1. The quantitative estimate of drug-likeness (QED) is 0.428. The van der Waals surface area contributed by atoms with Crippen molar-refractivity contribution in [2.24, 2.45) is 10.9 Å². The van der Waals surface area contributed by atoms with Crippen molar-refractivity contribution in [3.63, 3.8) is 0 Å². The number of likely N-dealkylation sites (tertiary alicyclic amines) is 1. The second kappa shape index (κ2) is 10.0. The van der Waals surface area contributed by atoms with Gasteiger partial charge in [-0.05, 0) is 64.6 Å². The molecule has 0 aromatic carbocycles. The summed E-state index contributed by atoms with van der Waals surface area (Å²) in [6.45, 7) is 11.6. The molecule has 0 aromatic rings. The molecule has 1 unspecified atom stereocenters. The predicted octanol–water partition coefficient (Wildman–Crippen LogP) is 2.46. The normalized spacial score (nSPS) is 19.9. The van der Waals surface area contributed by atoms with Crippen molar-refractivity contribution in [1.82, 2.24) is 15.5 Å². The Morgan fingerprint density at radius 1 is 1.30 bits per heavy atom. The van der Waals surface area contributed by atoms with Crippen LogP contribution >= 0.6 is 0 Å². The zero-order chi connectivity index (χ0) is 14.8. The second-order valence-corrected chi connectivity index (χ2v) is 6.18. The molecule has 1 aliphatic rings. The molecule has 4 heteroatoms. The zero-order valence-corrected chi connectivity index (χ0v) is 13.9. The number of piperidine rings is 1. The Morgan fingerprint density at radius 3 is 2.60 bits per heavy atom. The molecule has 1 fully saturated rings. The van der Waals surface area contributed by atoms with Gasteiger partial charge in [-0.3, -0.25) is 4.99 Å². The van der Waals surface area contributed by atoms with Crippen LogP contribution in [0.5, 0.6) is 0 Å². The van der Waals surface area contributed by atoms with Gasteiger partial charge in [0.2, 0.25) is 0 Å². The molecule has 2 N–H and O–H groups in total. The molecule has 0 radical (unpaired) electrons. The monoisotopic (exact) mass is 282 g/mol. The first-order valence-electron chi connectivity index (χ1n) is 8.35. The maximum Gasteiger partial charge on any atom is 0.191 e. The maximum atomic E-state index is 4.26. The van der Waals surface area contributed by atoms with Gasteiger partial charge in [-0.2, -0.15) is 0 Å². The van der Waals surface area contributed by atoms with E-state index in [-0.39, 0.29) is 0 Å². The molecule has 1 heterocycles. The van der Waals surface area contributed by atoms with Gasteiger partial charge < -0.3 is 15.5 Å². The average molecular weight is 282 g/mol. The van der Waals surface area contributed by atoms with E-state index in [0.717, 1.165) is 24.8 Å². The molecule has 1 saturated heterocycles. The summed E-state index contributed by atoms with van der Waals surface area (Å²) in [5.41, 5.74) is 0. The van der Waals surface area contributed by atoms with Crippen molar-refractivity contribution >= 4 is 5.96 Å². The van der Waals surface area contributed by atoms with Crippen LogP contribution in [0, 0.1) is 5.92 Å². The fraction of sp³-hybridized carbons (Fsp3) is 0.938. The van der Waals surface area contributed by atoms with Crippen molar-refractivity contribution in [3.05, 3.63) is 0 Å². The molecule has 118 valence electrons. The highest BCUT2D eigenvalue weighted by atomic mass is 15.2. The largest absolute Gasteiger partial charge is 0.356 e. The summed E-state index contributed by atoms with van der Waals surface area (Å²) in [6.07, 6.45) is 6.37. The van der Waals surface area contributed by atoms with Crippen LogP contribution in [0.15, 0.2) is 4.99 Å². The minimum atomic E-state index is 0.483. The summed E-state index contributed by atoms with van der Waals surface area (Å²) in [5, 5.41) is 6.79. The maximum absolute atomic E-state index is 4.26. The third kappa shape index (κ3) is 7.13. The van der Waals surface area contributed by atoms with E-state index >= 15 is 0 Å². The molecule has 1 atom stereocenters. The lowest BCUT2D eigenvalue weighted by molar-refractivity contribution is 0.189. The number of unbranched alkanes of at least 4 members (excludes halogenated alkanes) is 1. The number of nitrogens with one attached hydrogen (secondary N) is 2. The van der Waals surface area contributed by atoms with Crippen molar-refractivity contribution < 1.29 is 0 Å². The van der Waals surface area contributed by atoms with E-state index in [1.807, 2.05) is 7.05 Å². The van der Waals surface area contributed by atoms with Crippen molar-refractivity contribution in [1.29, 1.82) is 0 Å². The smallest absolute Gasteiger partial charge is 0.191 e. The molecular formula is C16H34N4. The molecule has 0 spiro atoms. The second-order valence-electron chi connectivity index (χ2n) is 6.18. The number of hydrogen-bond donors (Lipinski definition) is 2. The van der Waals surface area contributed by atoms with E-state index in [9.17, 15) is 0 Å². The van der Waals surface area contributed by atoms with Crippen LogP contribution in [0.1, 0.15) is 52.9 Å². The molecule has 0 aliphatic carbocycles. The average Bonchev–Trinajstić information content (AvgIpc) is 2.47. The summed E-state index contributed by atoms with van der Waals surface area (Å²) < 4.78 is 0. The SMILES string of the molecule is CCC(C)NC(=NC)NCCCCN1CCC(C)CC1. The topological polar surface area (TPSA) is 39.7 Å². The fourth-order valence-electron chi connectivity index (χ4n) is 2.48. The Labute approximate surface area is 125 Å². The van der Waals surface area contributed by atoms with Gasteiger partial charge in [-0.25, -0.2) is 0 Å². The molecule has 0 aromatic heterocycles. The molecule has 0 saturated carbocycles. The van der Waals surface area contributed by atoms with Gasteiger partial charge in [0.05, 0.1) is 0 Å². The third-order valence-electron chi connectivity index (χ3n) is 4.29. The van der Waals surface area contributed by atoms with Crippen molar-refractivity contribution in [2.45, 2.75) is 58.9 Å². The Morgan fingerprint density at radius 2 is 2.00 bits per heavy atom. The number of guanidine groups is 1. The van der Waals surface area contributed by atoms with Gasteiger partial charge in [-0.15, -0.1) is 0 Å². The molecule has 0 bridgehead atoms. The zero-order valence-electron chi connectivity index (χ0n) is 13.9. The third-order valence-corrected chi connectivity index (χ3v) is 4.29. The molecule has 0 amide bonds. The summed E-state index contributed by atoms with van der Waals surface area (Å²) in [5.74, 6) is 1.87. The van der Waals surface area contributed by atoms with Crippen LogP contribution in [-0.2, 0) is 0 Å². The predicted molar refractivity (Wildman–Crippen MR) is 88.3 cm³/mol. The Bertz CT molecular complexity index is 270. The van der Waals surface area contributed by atoms with Crippen LogP contribution in [0.2, 0.25) is 0 Å². The number of hydrogen-bond acceptors (Lipinski definition) is 2. The molecule has 4 nitrogen and oxygen atoms in total. The Hall–Kier alpha value is -0.770. The summed E-state index contributed by atoms with van der Waals surface area (Å²) in [7, 11) is 1.84. The van der Waals surface area contributed by atoms with Gasteiger partial charge in [-0.1, -0.05) is 13.8 Å². The lowest BCUT2D eigenvalue weighted by atomic mass is 9.99. The van der Waals surface area contributed by atoms with Gasteiger partial charge >= 0.3 is 0 Å². The van der Waals surface area contributed by atoms with Gasteiger partial charge in [0, 0.05) is 19.6 Å². The lowest BCUT2D eigenvalue weighted by Crippen LogP contribution is -2.42. The first kappa shape index (κ1) is 17.3. The lowest BCUT2D eigenvalue weighted by Gasteiger charge is -2.30. The standard InChI is InChI=1S/C16H34N4/c1-5-15(3)19-16(17-4)18-10-6-7-11-20-12-8-14(2)9-13-20/h14-15H,5-13H2,1-4H3,(H2,17,18,19). The Balaban J connectivity index is 2.03. The summed E-state index contributed by atoms with van der Waals surface area (Å²) >= 11 is 0. The van der Waals surface area contributed by atoms with Crippen LogP contribution in [0.3, 0.4) is 0 Å². The number of nitrogens with zero attached hydrogens (tertiary/aromatic N) is 2.